The smallest absolute Gasteiger partial charge is 0.222 e. The molecule has 1 amide bonds. The van der Waals surface area contributed by atoms with E-state index in [2.05, 4.69) is 12.2 Å². The lowest BCUT2D eigenvalue weighted by molar-refractivity contribution is -0.129. The number of carbonyl (C=O) groups is 1. The van der Waals surface area contributed by atoms with Crippen LogP contribution in [0.5, 0.6) is 0 Å². The Morgan fingerprint density at radius 1 is 1.59 bits per heavy atom. The minimum absolute atomic E-state index is 0.159. The zero-order valence-electron chi connectivity index (χ0n) is 11.7. The Balaban J connectivity index is 2.60. The maximum Gasteiger partial charge on any atom is 0.222 e. The highest BCUT2D eigenvalue weighted by Gasteiger charge is 2.35. The minimum atomic E-state index is -0.265. The van der Waals surface area contributed by atoms with Gasteiger partial charge in [-0.3, -0.25) is 4.79 Å². The van der Waals surface area contributed by atoms with Gasteiger partial charge >= 0.3 is 0 Å². The number of methoxy groups -OCH3 is 1. The summed E-state index contributed by atoms with van der Waals surface area (Å²) >= 11 is 0. The fraction of sp³-hybridized carbons (Fsp3) is 0.923. The summed E-state index contributed by atoms with van der Waals surface area (Å²) in [6, 6.07) is 0.159. The van der Waals surface area contributed by atoms with E-state index >= 15 is 0 Å². The van der Waals surface area contributed by atoms with E-state index in [-0.39, 0.29) is 17.6 Å². The Hall–Kier alpha value is -0.610. The maximum atomic E-state index is 11.9. The molecular formula is C13H26N2O2. The lowest BCUT2D eigenvalue weighted by Gasteiger charge is -2.35. The molecule has 1 saturated heterocycles. The van der Waals surface area contributed by atoms with Gasteiger partial charge in [0.05, 0.1) is 11.6 Å². The summed E-state index contributed by atoms with van der Waals surface area (Å²) in [5.74, 6) is 0.815. The largest absolute Gasteiger partial charge is 0.377 e. The van der Waals surface area contributed by atoms with E-state index in [9.17, 15) is 4.79 Å². The number of nitrogens with zero attached hydrogens (tertiary/aromatic N) is 1. The van der Waals surface area contributed by atoms with Crippen molar-refractivity contribution in [2.24, 2.45) is 5.92 Å². The lowest BCUT2D eigenvalue weighted by Crippen LogP contribution is -2.53. The van der Waals surface area contributed by atoms with E-state index in [1.165, 1.54) is 0 Å². The van der Waals surface area contributed by atoms with Crippen LogP contribution in [0.25, 0.3) is 0 Å². The quantitative estimate of drug-likeness (QED) is 0.762. The summed E-state index contributed by atoms with van der Waals surface area (Å²) in [4.78, 5) is 13.8. The van der Waals surface area contributed by atoms with Gasteiger partial charge in [-0.25, -0.2) is 0 Å². The zero-order valence-corrected chi connectivity index (χ0v) is 11.7. The average molecular weight is 242 g/mol. The molecule has 2 unspecified atom stereocenters. The molecule has 0 saturated carbocycles. The van der Waals surface area contributed by atoms with E-state index in [1.807, 2.05) is 25.8 Å². The van der Waals surface area contributed by atoms with Crippen LogP contribution in [-0.2, 0) is 9.53 Å². The third kappa shape index (κ3) is 3.42. The predicted molar refractivity (Wildman–Crippen MR) is 68.9 cm³/mol. The standard InChI is InChI=1S/C13H26N2O2/c1-6-10-7-12(16)15(8-10)9-11(14-4)13(2,3)17-5/h10-11,14H,6-9H2,1-5H3. The molecule has 1 aliphatic rings. The summed E-state index contributed by atoms with van der Waals surface area (Å²) in [5, 5.41) is 3.25. The first-order chi connectivity index (χ1) is 7.94. The Kier molecular flexibility index (Phi) is 4.95. The summed E-state index contributed by atoms with van der Waals surface area (Å²) in [6.07, 6.45) is 1.79. The number of rotatable bonds is 6. The second kappa shape index (κ2) is 5.83. The van der Waals surface area contributed by atoms with Crippen molar-refractivity contribution in [1.82, 2.24) is 10.2 Å². The number of ether oxygens (including phenoxy) is 1. The molecule has 2 atom stereocenters. The van der Waals surface area contributed by atoms with Gasteiger partial charge in [0.25, 0.3) is 0 Å². The second-order valence-corrected chi connectivity index (χ2v) is 5.43. The van der Waals surface area contributed by atoms with Crippen LogP contribution in [0.15, 0.2) is 0 Å². The fourth-order valence-corrected chi connectivity index (χ4v) is 2.33. The van der Waals surface area contributed by atoms with E-state index in [1.54, 1.807) is 7.11 Å². The Morgan fingerprint density at radius 2 is 2.24 bits per heavy atom. The molecule has 1 fully saturated rings. The summed E-state index contributed by atoms with van der Waals surface area (Å²) < 4.78 is 5.49. The molecule has 0 aromatic rings. The van der Waals surface area contributed by atoms with Crippen LogP contribution >= 0.6 is 0 Å². The Labute approximate surface area is 105 Å². The third-order valence-electron chi connectivity index (χ3n) is 3.99. The highest BCUT2D eigenvalue weighted by molar-refractivity contribution is 5.78. The highest BCUT2D eigenvalue weighted by atomic mass is 16.5. The number of likely N-dealkylation sites (N-methyl/N-ethyl adjacent to an activating group) is 1. The fourth-order valence-electron chi connectivity index (χ4n) is 2.33. The molecule has 0 aliphatic carbocycles. The van der Waals surface area contributed by atoms with E-state index in [0.717, 1.165) is 19.5 Å². The predicted octanol–water partition coefficient (Wildman–Crippen LogP) is 1.26. The van der Waals surface area contributed by atoms with Crippen LogP contribution in [0.1, 0.15) is 33.6 Å². The van der Waals surface area contributed by atoms with E-state index < -0.39 is 0 Å². The molecule has 0 bridgehead atoms. The van der Waals surface area contributed by atoms with Crippen molar-refractivity contribution in [3.8, 4) is 0 Å². The van der Waals surface area contributed by atoms with Crippen molar-refractivity contribution < 1.29 is 9.53 Å². The van der Waals surface area contributed by atoms with Gasteiger partial charge < -0.3 is 15.0 Å². The molecule has 1 heterocycles. The summed E-state index contributed by atoms with van der Waals surface area (Å²) in [6.45, 7) is 7.87. The van der Waals surface area contributed by atoms with E-state index in [0.29, 0.717) is 12.3 Å². The van der Waals surface area contributed by atoms with Gasteiger partial charge in [-0.1, -0.05) is 13.3 Å². The second-order valence-electron chi connectivity index (χ2n) is 5.43. The van der Waals surface area contributed by atoms with Gasteiger partial charge in [0.1, 0.15) is 0 Å². The number of amides is 1. The van der Waals surface area contributed by atoms with Gasteiger partial charge in [-0.05, 0) is 26.8 Å². The molecule has 0 radical (unpaired) electrons. The molecule has 17 heavy (non-hydrogen) atoms. The molecule has 4 heteroatoms. The van der Waals surface area contributed by atoms with Gasteiger partial charge in [-0.2, -0.15) is 0 Å². The lowest BCUT2D eigenvalue weighted by atomic mass is 9.98. The Bertz CT molecular complexity index is 266. The summed E-state index contributed by atoms with van der Waals surface area (Å²) in [5.41, 5.74) is -0.265. The van der Waals surface area contributed by atoms with Crippen molar-refractivity contribution in [3.05, 3.63) is 0 Å². The van der Waals surface area contributed by atoms with Crippen molar-refractivity contribution >= 4 is 5.91 Å². The molecule has 0 aromatic heterocycles. The van der Waals surface area contributed by atoms with E-state index in [4.69, 9.17) is 4.74 Å². The third-order valence-corrected chi connectivity index (χ3v) is 3.99. The highest BCUT2D eigenvalue weighted by Crippen LogP contribution is 2.23. The average Bonchev–Trinajstić information content (AvgIpc) is 2.66. The zero-order chi connectivity index (χ0) is 13.1. The van der Waals surface area contributed by atoms with Crippen LogP contribution in [0, 0.1) is 5.92 Å². The van der Waals surface area contributed by atoms with Crippen molar-refractivity contribution in [3.63, 3.8) is 0 Å². The van der Waals surface area contributed by atoms with Crippen molar-refractivity contribution in [2.75, 3.05) is 27.2 Å². The van der Waals surface area contributed by atoms with Crippen molar-refractivity contribution in [1.29, 1.82) is 0 Å². The number of carbonyl (C=O) groups excluding carboxylic acids is 1. The minimum Gasteiger partial charge on any atom is -0.377 e. The first-order valence-corrected chi connectivity index (χ1v) is 6.44. The van der Waals surface area contributed by atoms with Crippen LogP contribution in [0.4, 0.5) is 0 Å². The molecule has 1 rings (SSSR count). The van der Waals surface area contributed by atoms with Crippen molar-refractivity contribution in [2.45, 2.75) is 45.3 Å². The van der Waals surface area contributed by atoms with Gasteiger partial charge in [0.2, 0.25) is 5.91 Å². The molecule has 1 N–H and O–H groups in total. The molecule has 4 nitrogen and oxygen atoms in total. The SMILES string of the molecule is CCC1CC(=O)N(CC(NC)C(C)(C)OC)C1. The number of hydrogen-bond donors (Lipinski definition) is 1. The number of likely N-dealkylation sites (tertiary alicyclic amines) is 1. The first-order valence-electron chi connectivity index (χ1n) is 6.44. The topological polar surface area (TPSA) is 41.6 Å². The Morgan fingerprint density at radius 3 is 2.65 bits per heavy atom. The molecule has 0 spiro atoms. The van der Waals surface area contributed by atoms with Gasteiger partial charge in [0.15, 0.2) is 0 Å². The van der Waals surface area contributed by atoms with Crippen LogP contribution < -0.4 is 5.32 Å². The molecule has 1 aliphatic heterocycles. The number of hydrogen-bond acceptors (Lipinski definition) is 3. The van der Waals surface area contributed by atoms with Gasteiger partial charge in [0, 0.05) is 26.6 Å². The molecule has 0 aromatic carbocycles. The molecular weight excluding hydrogens is 216 g/mol. The monoisotopic (exact) mass is 242 g/mol. The molecule has 100 valence electrons. The van der Waals surface area contributed by atoms with Crippen LogP contribution in [0.3, 0.4) is 0 Å². The summed E-state index contributed by atoms with van der Waals surface area (Å²) in [7, 11) is 3.63. The number of nitrogens with one attached hydrogen (secondary N) is 1. The van der Waals surface area contributed by atoms with Crippen LogP contribution in [0.2, 0.25) is 0 Å². The van der Waals surface area contributed by atoms with Gasteiger partial charge in [-0.15, -0.1) is 0 Å². The first kappa shape index (κ1) is 14.5. The maximum absolute atomic E-state index is 11.9. The van der Waals surface area contributed by atoms with Crippen LogP contribution in [-0.4, -0.2) is 49.7 Å². The normalized spacial score (nSPS) is 23.2.